The van der Waals surface area contributed by atoms with E-state index in [1.807, 2.05) is 13.8 Å². The van der Waals surface area contributed by atoms with Crippen LogP contribution in [0, 0.1) is 5.92 Å². The second-order valence-electron chi connectivity index (χ2n) is 4.82. The highest BCUT2D eigenvalue weighted by Crippen LogP contribution is 2.27. The van der Waals surface area contributed by atoms with Crippen molar-refractivity contribution in [2.45, 2.75) is 26.3 Å². The Labute approximate surface area is 143 Å². The van der Waals surface area contributed by atoms with E-state index >= 15 is 0 Å². The fraction of sp³-hybridized carbons (Fsp3) is 0.467. The van der Waals surface area contributed by atoms with Gasteiger partial charge < -0.3 is 14.8 Å². The molecule has 0 aromatic heterocycles. The van der Waals surface area contributed by atoms with Gasteiger partial charge in [-0.3, -0.25) is 4.79 Å². The largest absolute Gasteiger partial charge is 0.482 e. The van der Waals surface area contributed by atoms with Gasteiger partial charge in [0.2, 0.25) is 0 Å². The monoisotopic (exact) mass is 391 g/mol. The van der Waals surface area contributed by atoms with Crippen molar-refractivity contribution >= 4 is 39.4 Å². The smallest absolute Gasteiger partial charge is 0.328 e. The van der Waals surface area contributed by atoms with Crippen LogP contribution in [0.5, 0.6) is 5.75 Å². The molecule has 0 spiro atoms. The number of carbonyl (C=O) groups excluding carboxylic acids is 2. The fourth-order valence-electron chi connectivity index (χ4n) is 1.75. The van der Waals surface area contributed by atoms with Gasteiger partial charge in [-0.25, -0.2) is 4.79 Å². The number of benzene rings is 1. The number of hydrogen-bond acceptors (Lipinski definition) is 4. The Morgan fingerprint density at radius 3 is 2.64 bits per heavy atom. The van der Waals surface area contributed by atoms with Crippen LogP contribution in [0.3, 0.4) is 0 Å². The van der Waals surface area contributed by atoms with Gasteiger partial charge in [0.1, 0.15) is 11.8 Å². The summed E-state index contributed by atoms with van der Waals surface area (Å²) in [4.78, 5) is 23.7. The Balaban J connectivity index is 2.62. The number of methoxy groups -OCH3 is 1. The van der Waals surface area contributed by atoms with E-state index in [1.165, 1.54) is 7.11 Å². The standard InChI is InChI=1S/C15H19BrClNO4/c1-4-9(2)14(15(20)21-3)18-13(19)8-22-12-6-5-10(16)7-11(12)17/h5-7,9,14H,4,8H2,1-3H3,(H,18,19)/t9-,14+/m1/s1. The van der Waals surface area contributed by atoms with Gasteiger partial charge >= 0.3 is 5.97 Å². The molecule has 1 rings (SSSR count). The number of rotatable bonds is 7. The molecule has 0 aliphatic rings. The van der Waals surface area contributed by atoms with Gasteiger partial charge in [-0.05, 0) is 24.1 Å². The summed E-state index contributed by atoms with van der Waals surface area (Å²) >= 11 is 9.29. The molecule has 0 bridgehead atoms. The SMILES string of the molecule is CC[C@@H](C)[C@H](NC(=O)COc1ccc(Br)cc1Cl)C(=O)OC. The van der Waals surface area contributed by atoms with Crippen molar-refractivity contribution in [1.82, 2.24) is 5.32 Å². The van der Waals surface area contributed by atoms with Crippen molar-refractivity contribution in [1.29, 1.82) is 0 Å². The molecule has 0 saturated carbocycles. The molecule has 0 radical (unpaired) electrons. The normalized spacial score (nSPS) is 13.1. The maximum Gasteiger partial charge on any atom is 0.328 e. The highest BCUT2D eigenvalue weighted by molar-refractivity contribution is 9.10. The average Bonchev–Trinajstić information content (AvgIpc) is 2.50. The van der Waals surface area contributed by atoms with Crippen LogP contribution < -0.4 is 10.1 Å². The quantitative estimate of drug-likeness (QED) is 0.724. The predicted octanol–water partition coefficient (Wildman–Crippen LogP) is 3.19. The number of ether oxygens (including phenoxy) is 2. The third kappa shape index (κ3) is 5.50. The summed E-state index contributed by atoms with van der Waals surface area (Å²) < 4.78 is 10.9. The summed E-state index contributed by atoms with van der Waals surface area (Å²) in [5.41, 5.74) is 0. The van der Waals surface area contributed by atoms with Crippen molar-refractivity contribution in [3.63, 3.8) is 0 Å². The van der Waals surface area contributed by atoms with E-state index in [1.54, 1.807) is 18.2 Å². The zero-order valence-corrected chi connectivity index (χ0v) is 15.0. The van der Waals surface area contributed by atoms with E-state index in [9.17, 15) is 9.59 Å². The summed E-state index contributed by atoms with van der Waals surface area (Å²) in [6.07, 6.45) is 0.736. The number of nitrogens with one attached hydrogen (secondary N) is 1. The van der Waals surface area contributed by atoms with Crippen molar-refractivity contribution in [3.8, 4) is 5.75 Å². The summed E-state index contributed by atoms with van der Waals surface area (Å²) in [5, 5.41) is 3.03. The summed E-state index contributed by atoms with van der Waals surface area (Å²) in [6.45, 7) is 3.57. The first-order valence-corrected chi connectivity index (χ1v) is 8.01. The lowest BCUT2D eigenvalue weighted by Gasteiger charge is -2.21. The summed E-state index contributed by atoms with van der Waals surface area (Å²) in [6, 6.07) is 4.40. The van der Waals surface area contributed by atoms with Crippen LogP contribution in [0.15, 0.2) is 22.7 Å². The first-order chi connectivity index (χ1) is 10.4. The molecule has 1 aromatic rings. The third-order valence-corrected chi connectivity index (χ3v) is 4.03. The van der Waals surface area contributed by atoms with Crippen LogP contribution in [0.2, 0.25) is 5.02 Å². The molecule has 7 heteroatoms. The first kappa shape index (κ1) is 18.8. The molecule has 0 saturated heterocycles. The minimum absolute atomic E-state index is 0.0346. The number of amides is 1. The lowest BCUT2D eigenvalue weighted by Crippen LogP contribution is -2.47. The molecule has 22 heavy (non-hydrogen) atoms. The Morgan fingerprint density at radius 2 is 2.09 bits per heavy atom. The van der Waals surface area contributed by atoms with E-state index in [4.69, 9.17) is 21.1 Å². The molecule has 122 valence electrons. The highest BCUT2D eigenvalue weighted by Gasteiger charge is 2.26. The van der Waals surface area contributed by atoms with Gasteiger partial charge in [0.05, 0.1) is 12.1 Å². The Kier molecular flexibility index (Phi) is 7.68. The van der Waals surface area contributed by atoms with Gasteiger partial charge in [0, 0.05) is 4.47 Å². The van der Waals surface area contributed by atoms with Gasteiger partial charge in [0.25, 0.3) is 5.91 Å². The highest BCUT2D eigenvalue weighted by atomic mass is 79.9. The first-order valence-electron chi connectivity index (χ1n) is 6.84. The summed E-state index contributed by atoms with van der Waals surface area (Å²) in [5.74, 6) is -0.509. The molecule has 0 unspecified atom stereocenters. The van der Waals surface area contributed by atoms with Crippen molar-refractivity contribution in [2.75, 3.05) is 13.7 Å². The van der Waals surface area contributed by atoms with Crippen LogP contribution >= 0.6 is 27.5 Å². The topological polar surface area (TPSA) is 64.6 Å². The van der Waals surface area contributed by atoms with Crippen LogP contribution in [-0.4, -0.2) is 31.6 Å². The van der Waals surface area contributed by atoms with Gasteiger partial charge in [-0.1, -0.05) is 47.8 Å². The molecule has 1 N–H and O–H groups in total. The fourth-order valence-corrected chi connectivity index (χ4v) is 2.47. The molecule has 5 nitrogen and oxygen atoms in total. The van der Waals surface area contributed by atoms with Crippen LogP contribution in [0.1, 0.15) is 20.3 Å². The number of esters is 1. The van der Waals surface area contributed by atoms with Crippen molar-refractivity contribution < 1.29 is 19.1 Å². The van der Waals surface area contributed by atoms with E-state index in [2.05, 4.69) is 21.2 Å². The second kappa shape index (κ2) is 9.00. The molecule has 2 atom stereocenters. The molecular weight excluding hydrogens is 374 g/mol. The Morgan fingerprint density at radius 1 is 1.41 bits per heavy atom. The van der Waals surface area contributed by atoms with E-state index in [-0.39, 0.29) is 12.5 Å². The van der Waals surface area contributed by atoms with Crippen LogP contribution in [0.25, 0.3) is 0 Å². The molecule has 0 aliphatic carbocycles. The molecule has 0 heterocycles. The van der Waals surface area contributed by atoms with Crippen LogP contribution in [-0.2, 0) is 14.3 Å². The zero-order chi connectivity index (χ0) is 16.7. The number of hydrogen-bond donors (Lipinski definition) is 1. The summed E-state index contributed by atoms with van der Waals surface area (Å²) in [7, 11) is 1.29. The lowest BCUT2D eigenvalue weighted by atomic mass is 9.99. The van der Waals surface area contributed by atoms with Crippen molar-refractivity contribution in [3.05, 3.63) is 27.7 Å². The van der Waals surface area contributed by atoms with Crippen molar-refractivity contribution in [2.24, 2.45) is 5.92 Å². The molecule has 0 fully saturated rings. The lowest BCUT2D eigenvalue weighted by molar-refractivity contribution is -0.146. The molecular formula is C15H19BrClNO4. The van der Waals surface area contributed by atoms with E-state index in [0.29, 0.717) is 10.8 Å². The Hall–Kier alpha value is -1.27. The number of halogens is 2. The zero-order valence-electron chi connectivity index (χ0n) is 12.7. The van der Waals surface area contributed by atoms with Crippen LogP contribution in [0.4, 0.5) is 0 Å². The third-order valence-electron chi connectivity index (χ3n) is 3.24. The maximum atomic E-state index is 11.9. The second-order valence-corrected chi connectivity index (χ2v) is 6.14. The molecule has 1 aromatic carbocycles. The maximum absolute atomic E-state index is 11.9. The van der Waals surface area contributed by atoms with E-state index in [0.717, 1.165) is 10.9 Å². The molecule has 1 amide bonds. The average molecular weight is 393 g/mol. The van der Waals surface area contributed by atoms with E-state index < -0.39 is 17.9 Å². The van der Waals surface area contributed by atoms with Gasteiger partial charge in [0.15, 0.2) is 6.61 Å². The molecule has 0 aliphatic heterocycles. The minimum atomic E-state index is -0.688. The predicted molar refractivity (Wildman–Crippen MR) is 88.0 cm³/mol. The Bertz CT molecular complexity index is 538. The van der Waals surface area contributed by atoms with Gasteiger partial charge in [-0.15, -0.1) is 0 Å². The minimum Gasteiger partial charge on any atom is -0.482 e. The van der Waals surface area contributed by atoms with Gasteiger partial charge in [-0.2, -0.15) is 0 Å². The number of carbonyl (C=O) groups is 2.